The average molecular weight is 572 g/mol. The van der Waals surface area contributed by atoms with Crippen molar-refractivity contribution in [3.8, 4) is 5.69 Å². The van der Waals surface area contributed by atoms with Crippen LogP contribution in [0.25, 0.3) is 5.69 Å². The first-order valence-electron chi connectivity index (χ1n) is 11.5. The van der Waals surface area contributed by atoms with Gasteiger partial charge in [-0.05, 0) is 36.1 Å². The Morgan fingerprint density at radius 3 is 2.62 bits per heavy atom. The van der Waals surface area contributed by atoms with Crippen molar-refractivity contribution < 1.29 is 4.79 Å². The highest BCUT2D eigenvalue weighted by Crippen LogP contribution is 2.19. The SMILES string of the molecule is CN=C(NCCCC(=O)N1CCc2ccccc2C1)N(C)Cc1cnn(-c2ccccc2)c1.I. The van der Waals surface area contributed by atoms with E-state index in [1.54, 1.807) is 7.05 Å². The molecule has 0 spiro atoms. The van der Waals surface area contributed by atoms with E-state index in [4.69, 9.17) is 0 Å². The smallest absolute Gasteiger partial charge is 0.222 e. The molecule has 8 heteroatoms. The lowest BCUT2D eigenvalue weighted by Crippen LogP contribution is -2.39. The summed E-state index contributed by atoms with van der Waals surface area (Å²) in [6.07, 6.45) is 6.18. The highest BCUT2D eigenvalue weighted by atomic mass is 127. The normalized spacial score (nSPS) is 13.1. The second-order valence-electron chi connectivity index (χ2n) is 8.40. The maximum atomic E-state index is 12.7. The lowest BCUT2D eigenvalue weighted by molar-refractivity contribution is -0.132. The van der Waals surface area contributed by atoms with E-state index in [0.29, 0.717) is 19.5 Å². The number of hydrogen-bond donors (Lipinski definition) is 1. The summed E-state index contributed by atoms with van der Waals surface area (Å²) in [6, 6.07) is 18.5. The number of nitrogens with one attached hydrogen (secondary N) is 1. The summed E-state index contributed by atoms with van der Waals surface area (Å²) < 4.78 is 1.88. The number of fused-ring (bicyclic) bond motifs is 1. The van der Waals surface area contributed by atoms with Gasteiger partial charge in [0.05, 0.1) is 11.9 Å². The molecule has 0 unspecified atom stereocenters. The van der Waals surface area contributed by atoms with Crippen LogP contribution in [0.3, 0.4) is 0 Å². The Balaban J connectivity index is 0.00000324. The first kappa shape index (κ1) is 25.7. The van der Waals surface area contributed by atoms with Gasteiger partial charge in [-0.3, -0.25) is 9.79 Å². The van der Waals surface area contributed by atoms with Crippen LogP contribution in [-0.2, 0) is 24.3 Å². The summed E-state index contributed by atoms with van der Waals surface area (Å²) in [5, 5.41) is 7.85. The molecule has 1 aromatic heterocycles. The summed E-state index contributed by atoms with van der Waals surface area (Å²) in [5.41, 5.74) is 4.78. The molecule has 7 nitrogen and oxygen atoms in total. The van der Waals surface area contributed by atoms with E-state index in [-0.39, 0.29) is 29.9 Å². The Labute approximate surface area is 218 Å². The van der Waals surface area contributed by atoms with Crippen molar-refractivity contribution >= 4 is 35.8 Å². The van der Waals surface area contributed by atoms with Gasteiger partial charge in [-0.2, -0.15) is 5.10 Å². The molecule has 0 atom stereocenters. The van der Waals surface area contributed by atoms with Crippen LogP contribution in [0.5, 0.6) is 0 Å². The van der Waals surface area contributed by atoms with E-state index in [0.717, 1.165) is 43.1 Å². The summed E-state index contributed by atoms with van der Waals surface area (Å²) in [7, 11) is 3.79. The number of nitrogens with zero attached hydrogens (tertiary/aromatic N) is 5. The van der Waals surface area contributed by atoms with Crippen molar-refractivity contribution in [1.82, 2.24) is 24.9 Å². The topological polar surface area (TPSA) is 65.8 Å². The third kappa shape index (κ3) is 6.59. The maximum absolute atomic E-state index is 12.7. The number of carbonyl (C=O) groups excluding carboxylic acids is 1. The third-order valence-corrected chi connectivity index (χ3v) is 5.98. The van der Waals surface area contributed by atoms with Crippen LogP contribution in [0.4, 0.5) is 0 Å². The first-order chi connectivity index (χ1) is 16.1. The van der Waals surface area contributed by atoms with E-state index in [1.165, 1.54) is 11.1 Å². The molecule has 1 N–H and O–H groups in total. The van der Waals surface area contributed by atoms with Crippen LogP contribution in [0, 0.1) is 0 Å². The van der Waals surface area contributed by atoms with E-state index in [2.05, 4.69) is 38.5 Å². The second-order valence-corrected chi connectivity index (χ2v) is 8.40. The van der Waals surface area contributed by atoms with Gasteiger partial charge in [-0.1, -0.05) is 42.5 Å². The number of hydrogen-bond acceptors (Lipinski definition) is 3. The van der Waals surface area contributed by atoms with Gasteiger partial charge in [-0.15, -0.1) is 24.0 Å². The minimum Gasteiger partial charge on any atom is -0.356 e. The fraction of sp³-hybridized carbons (Fsp3) is 0.346. The number of halogens is 1. The number of rotatable bonds is 7. The fourth-order valence-electron chi connectivity index (χ4n) is 4.20. The molecule has 0 radical (unpaired) electrons. The van der Waals surface area contributed by atoms with Crippen molar-refractivity contribution in [2.75, 3.05) is 27.2 Å². The average Bonchev–Trinajstić information content (AvgIpc) is 3.32. The number of carbonyl (C=O) groups is 1. The zero-order valence-corrected chi connectivity index (χ0v) is 22.2. The van der Waals surface area contributed by atoms with Gasteiger partial charge in [0.1, 0.15) is 0 Å². The summed E-state index contributed by atoms with van der Waals surface area (Å²) in [6.45, 7) is 2.93. The lowest BCUT2D eigenvalue weighted by Gasteiger charge is -2.29. The molecule has 0 saturated heterocycles. The van der Waals surface area contributed by atoms with Gasteiger partial charge in [0, 0.05) is 58.5 Å². The molecule has 0 bridgehead atoms. The largest absolute Gasteiger partial charge is 0.356 e. The highest BCUT2D eigenvalue weighted by molar-refractivity contribution is 14.0. The van der Waals surface area contributed by atoms with Crippen molar-refractivity contribution in [3.63, 3.8) is 0 Å². The standard InChI is InChI=1S/C26H32N6O.HI/c1-27-26(30(2)18-21-17-29-32(19-21)24-11-4-3-5-12-24)28-15-8-13-25(33)31-16-14-22-9-6-7-10-23(22)20-31;/h3-7,9-12,17,19H,8,13-16,18,20H2,1-2H3,(H,27,28);1H. The van der Waals surface area contributed by atoms with Crippen molar-refractivity contribution in [2.45, 2.75) is 32.4 Å². The van der Waals surface area contributed by atoms with Crippen molar-refractivity contribution in [1.29, 1.82) is 0 Å². The van der Waals surface area contributed by atoms with Gasteiger partial charge in [0.15, 0.2) is 5.96 Å². The van der Waals surface area contributed by atoms with Crippen LogP contribution in [-0.4, -0.2) is 58.6 Å². The van der Waals surface area contributed by atoms with Crippen LogP contribution in [0.2, 0.25) is 0 Å². The number of aromatic nitrogens is 2. The Kier molecular flexibility index (Phi) is 9.50. The molecule has 0 saturated carbocycles. The van der Waals surface area contributed by atoms with Gasteiger partial charge in [0.25, 0.3) is 0 Å². The molecule has 2 aromatic carbocycles. The zero-order chi connectivity index (χ0) is 23.0. The van der Waals surface area contributed by atoms with E-state index in [9.17, 15) is 4.79 Å². The summed E-state index contributed by atoms with van der Waals surface area (Å²) >= 11 is 0. The highest BCUT2D eigenvalue weighted by Gasteiger charge is 2.19. The molecule has 1 aliphatic heterocycles. The number of aliphatic imine (C=N–C) groups is 1. The predicted octanol–water partition coefficient (Wildman–Crippen LogP) is 3.86. The van der Waals surface area contributed by atoms with E-state index < -0.39 is 0 Å². The second kappa shape index (κ2) is 12.5. The Bertz CT molecular complexity index is 1100. The number of para-hydroxylation sites is 1. The van der Waals surface area contributed by atoms with Crippen molar-refractivity contribution in [2.24, 2.45) is 4.99 Å². The number of amides is 1. The van der Waals surface area contributed by atoms with Gasteiger partial charge in [0.2, 0.25) is 5.91 Å². The zero-order valence-electron chi connectivity index (χ0n) is 19.9. The monoisotopic (exact) mass is 572 g/mol. The third-order valence-electron chi connectivity index (χ3n) is 5.98. The van der Waals surface area contributed by atoms with Crippen molar-refractivity contribution in [3.05, 3.63) is 83.7 Å². The Morgan fingerprint density at radius 2 is 1.85 bits per heavy atom. The molecular formula is C26H33IN6O. The summed E-state index contributed by atoms with van der Waals surface area (Å²) in [4.78, 5) is 21.1. The fourth-order valence-corrected chi connectivity index (χ4v) is 4.20. The van der Waals surface area contributed by atoms with Crippen LogP contribution < -0.4 is 5.32 Å². The molecule has 0 fully saturated rings. The molecular weight excluding hydrogens is 539 g/mol. The predicted molar refractivity (Wildman–Crippen MR) is 147 cm³/mol. The van der Waals surface area contributed by atoms with E-state index in [1.807, 2.05) is 65.4 Å². The Hall–Kier alpha value is -2.88. The molecule has 34 heavy (non-hydrogen) atoms. The minimum atomic E-state index is 0. The summed E-state index contributed by atoms with van der Waals surface area (Å²) in [5.74, 6) is 1.03. The minimum absolute atomic E-state index is 0. The van der Waals surface area contributed by atoms with Gasteiger partial charge in [-0.25, -0.2) is 4.68 Å². The van der Waals surface area contributed by atoms with E-state index >= 15 is 0 Å². The first-order valence-corrected chi connectivity index (χ1v) is 11.5. The molecule has 3 aromatic rings. The molecule has 1 amide bonds. The van der Waals surface area contributed by atoms with Crippen LogP contribution in [0.15, 0.2) is 72.0 Å². The number of guanidine groups is 1. The molecule has 1 aliphatic rings. The number of benzene rings is 2. The molecule has 180 valence electrons. The Morgan fingerprint density at radius 1 is 1.12 bits per heavy atom. The van der Waals surface area contributed by atoms with Crippen LogP contribution >= 0.6 is 24.0 Å². The van der Waals surface area contributed by atoms with Gasteiger partial charge < -0.3 is 15.1 Å². The van der Waals surface area contributed by atoms with Crippen LogP contribution in [0.1, 0.15) is 29.5 Å². The lowest BCUT2D eigenvalue weighted by atomic mass is 9.99. The molecule has 2 heterocycles. The van der Waals surface area contributed by atoms with Gasteiger partial charge >= 0.3 is 0 Å². The maximum Gasteiger partial charge on any atom is 0.222 e. The quantitative estimate of drug-likeness (QED) is 0.202. The molecule has 4 rings (SSSR count). The molecule has 0 aliphatic carbocycles.